The molecule has 0 aliphatic heterocycles. The molecule has 0 N–H and O–H groups in total. The molecule has 7 heteroatoms. The Kier molecular flexibility index (Phi) is 4.47. The number of unbranched alkanes of at least 4 members (excludes halogenated alkanes) is 2. The van der Waals surface area contributed by atoms with Crippen LogP contribution in [-0.4, -0.2) is 33.3 Å². The number of para-hydroxylation sites is 2. The van der Waals surface area contributed by atoms with Crippen molar-refractivity contribution >= 4 is 20.9 Å². The van der Waals surface area contributed by atoms with E-state index in [1.807, 2.05) is 30.6 Å². The third kappa shape index (κ3) is 3.44. The standard InChI is InChI=1S/C16H20N4O2S/c1-19-11-9-17-16(19)23(21,22)12-6-2-5-10-20-13-18-14-7-3-4-8-15(14)20/h3-4,7-9,11,13H,2,5-6,10,12H2,1H3. The maximum absolute atomic E-state index is 12.2. The van der Waals surface area contributed by atoms with Crippen molar-refractivity contribution in [3.05, 3.63) is 43.0 Å². The first-order chi connectivity index (χ1) is 11.1. The zero-order valence-corrected chi connectivity index (χ0v) is 13.9. The van der Waals surface area contributed by atoms with Gasteiger partial charge in [-0.05, 0) is 25.0 Å². The van der Waals surface area contributed by atoms with Crippen molar-refractivity contribution in [3.63, 3.8) is 0 Å². The molecule has 3 rings (SSSR count). The highest BCUT2D eigenvalue weighted by Gasteiger charge is 2.18. The molecule has 0 spiro atoms. The van der Waals surface area contributed by atoms with Crippen LogP contribution in [-0.2, 0) is 23.4 Å². The normalized spacial score (nSPS) is 12.0. The SMILES string of the molecule is Cn1ccnc1S(=O)(=O)CCCCCn1cnc2ccccc21. The molecule has 122 valence electrons. The van der Waals surface area contributed by atoms with Crippen LogP contribution in [0, 0.1) is 0 Å². The summed E-state index contributed by atoms with van der Waals surface area (Å²) in [6.45, 7) is 0.850. The van der Waals surface area contributed by atoms with Crippen molar-refractivity contribution in [1.29, 1.82) is 0 Å². The second-order valence-corrected chi connectivity index (χ2v) is 7.63. The molecule has 0 saturated carbocycles. The monoisotopic (exact) mass is 332 g/mol. The molecule has 0 bridgehead atoms. The number of imidazole rings is 2. The predicted octanol–water partition coefficient (Wildman–Crippen LogP) is 2.41. The molecule has 0 amide bonds. The van der Waals surface area contributed by atoms with Crippen molar-refractivity contribution < 1.29 is 8.42 Å². The molecule has 2 heterocycles. The van der Waals surface area contributed by atoms with Crippen LogP contribution in [0.15, 0.2) is 48.1 Å². The van der Waals surface area contributed by atoms with Gasteiger partial charge in [0.15, 0.2) is 0 Å². The fourth-order valence-corrected chi connectivity index (χ4v) is 4.17. The van der Waals surface area contributed by atoms with Gasteiger partial charge in [0.1, 0.15) is 0 Å². The summed E-state index contributed by atoms with van der Waals surface area (Å²) in [5.74, 6) is 0.141. The van der Waals surface area contributed by atoms with Gasteiger partial charge in [0.25, 0.3) is 0 Å². The summed E-state index contributed by atoms with van der Waals surface area (Å²) in [5, 5.41) is 0.151. The number of aromatic nitrogens is 4. The van der Waals surface area contributed by atoms with E-state index in [0.717, 1.165) is 30.4 Å². The number of hydrogen-bond donors (Lipinski definition) is 0. The molecule has 0 aliphatic carbocycles. The lowest BCUT2D eigenvalue weighted by Crippen LogP contribution is -2.12. The number of nitrogens with zero attached hydrogens (tertiary/aromatic N) is 4. The smallest absolute Gasteiger partial charge is 0.227 e. The van der Waals surface area contributed by atoms with Gasteiger partial charge >= 0.3 is 0 Å². The van der Waals surface area contributed by atoms with E-state index in [2.05, 4.69) is 14.5 Å². The number of sulfone groups is 1. The van der Waals surface area contributed by atoms with E-state index in [9.17, 15) is 8.42 Å². The lowest BCUT2D eigenvalue weighted by molar-refractivity contribution is 0.567. The van der Waals surface area contributed by atoms with Crippen molar-refractivity contribution in [2.45, 2.75) is 31.0 Å². The Morgan fingerprint density at radius 3 is 2.70 bits per heavy atom. The molecule has 2 aromatic heterocycles. The first kappa shape index (κ1) is 15.7. The van der Waals surface area contributed by atoms with Crippen molar-refractivity contribution in [2.24, 2.45) is 7.05 Å². The van der Waals surface area contributed by atoms with Gasteiger partial charge in [-0.15, -0.1) is 0 Å². The molecule has 1 aromatic carbocycles. The highest BCUT2D eigenvalue weighted by atomic mass is 32.2. The fourth-order valence-electron chi connectivity index (χ4n) is 2.68. The molecule has 0 aliphatic rings. The second kappa shape index (κ2) is 6.54. The summed E-state index contributed by atoms with van der Waals surface area (Å²) in [7, 11) is -1.59. The number of fused-ring (bicyclic) bond motifs is 1. The fraction of sp³-hybridized carbons (Fsp3) is 0.375. The van der Waals surface area contributed by atoms with Gasteiger partial charge in [-0.1, -0.05) is 18.6 Å². The van der Waals surface area contributed by atoms with Crippen molar-refractivity contribution in [2.75, 3.05) is 5.75 Å². The van der Waals surface area contributed by atoms with Crippen molar-refractivity contribution in [3.8, 4) is 0 Å². The van der Waals surface area contributed by atoms with Crippen LogP contribution in [0.3, 0.4) is 0 Å². The van der Waals surface area contributed by atoms with Gasteiger partial charge in [-0.25, -0.2) is 18.4 Å². The lowest BCUT2D eigenvalue weighted by Gasteiger charge is -2.06. The highest BCUT2D eigenvalue weighted by Crippen LogP contribution is 2.14. The predicted molar refractivity (Wildman–Crippen MR) is 88.8 cm³/mol. The van der Waals surface area contributed by atoms with Crippen LogP contribution in [0.5, 0.6) is 0 Å². The third-order valence-electron chi connectivity index (χ3n) is 3.89. The average molecular weight is 332 g/mol. The molecule has 23 heavy (non-hydrogen) atoms. The summed E-state index contributed by atoms with van der Waals surface area (Å²) in [6.07, 6.45) is 7.43. The quantitative estimate of drug-likeness (QED) is 0.623. The molecule has 0 atom stereocenters. The largest absolute Gasteiger partial charge is 0.331 e. The van der Waals surface area contributed by atoms with Crippen LogP contribution >= 0.6 is 0 Å². The minimum Gasteiger partial charge on any atom is -0.331 e. The van der Waals surface area contributed by atoms with Gasteiger partial charge < -0.3 is 9.13 Å². The molecule has 3 aromatic rings. The first-order valence-corrected chi connectivity index (χ1v) is 9.33. The summed E-state index contributed by atoms with van der Waals surface area (Å²) in [5.41, 5.74) is 2.11. The molecule has 0 radical (unpaired) electrons. The number of rotatable bonds is 7. The number of aryl methyl sites for hydroxylation is 2. The Bertz CT molecular complexity index is 896. The minimum atomic E-state index is -3.28. The Labute approximate surface area is 135 Å². The van der Waals surface area contributed by atoms with Gasteiger partial charge in [0.05, 0.1) is 23.1 Å². The summed E-state index contributed by atoms with van der Waals surface area (Å²) in [6, 6.07) is 8.02. The number of hydrogen-bond acceptors (Lipinski definition) is 4. The summed E-state index contributed by atoms with van der Waals surface area (Å²) >= 11 is 0. The Morgan fingerprint density at radius 2 is 1.91 bits per heavy atom. The maximum atomic E-state index is 12.2. The first-order valence-electron chi connectivity index (χ1n) is 7.68. The zero-order valence-electron chi connectivity index (χ0n) is 13.1. The van der Waals surface area contributed by atoms with E-state index in [1.54, 1.807) is 17.8 Å². The molecular formula is C16H20N4O2S. The van der Waals surface area contributed by atoms with E-state index in [1.165, 1.54) is 6.20 Å². The van der Waals surface area contributed by atoms with Crippen LogP contribution in [0.25, 0.3) is 11.0 Å². The summed E-state index contributed by atoms with van der Waals surface area (Å²) < 4.78 is 28.0. The van der Waals surface area contributed by atoms with E-state index < -0.39 is 9.84 Å². The van der Waals surface area contributed by atoms with Gasteiger partial charge in [-0.3, -0.25) is 0 Å². The Balaban J connectivity index is 1.50. The summed E-state index contributed by atoms with van der Waals surface area (Å²) in [4.78, 5) is 8.28. The van der Waals surface area contributed by atoms with Gasteiger partial charge in [0.2, 0.25) is 15.0 Å². The highest BCUT2D eigenvalue weighted by molar-refractivity contribution is 7.91. The maximum Gasteiger partial charge on any atom is 0.227 e. The lowest BCUT2D eigenvalue weighted by atomic mass is 10.2. The molecule has 0 fully saturated rings. The van der Waals surface area contributed by atoms with Crippen LogP contribution in [0.2, 0.25) is 0 Å². The van der Waals surface area contributed by atoms with Gasteiger partial charge in [0, 0.05) is 26.0 Å². The molecule has 0 unspecified atom stereocenters. The Morgan fingerprint density at radius 1 is 1.09 bits per heavy atom. The zero-order chi connectivity index (χ0) is 16.3. The molecular weight excluding hydrogens is 312 g/mol. The average Bonchev–Trinajstić information content (AvgIpc) is 3.14. The third-order valence-corrected chi connectivity index (χ3v) is 5.67. The number of benzene rings is 1. The molecule has 6 nitrogen and oxygen atoms in total. The van der Waals surface area contributed by atoms with Crippen molar-refractivity contribution in [1.82, 2.24) is 19.1 Å². The minimum absolute atomic E-state index is 0.141. The Hall–Kier alpha value is -2.15. The van der Waals surface area contributed by atoms with E-state index >= 15 is 0 Å². The van der Waals surface area contributed by atoms with Crippen LogP contribution in [0.1, 0.15) is 19.3 Å². The van der Waals surface area contributed by atoms with Gasteiger partial charge in [-0.2, -0.15) is 0 Å². The second-order valence-electron chi connectivity index (χ2n) is 5.63. The van der Waals surface area contributed by atoms with Crippen LogP contribution < -0.4 is 0 Å². The van der Waals surface area contributed by atoms with Crippen LogP contribution in [0.4, 0.5) is 0 Å². The molecule has 0 saturated heterocycles. The van der Waals surface area contributed by atoms with E-state index in [-0.39, 0.29) is 10.9 Å². The van der Waals surface area contributed by atoms with E-state index in [0.29, 0.717) is 6.42 Å². The topological polar surface area (TPSA) is 69.8 Å². The van der Waals surface area contributed by atoms with E-state index in [4.69, 9.17) is 0 Å².